The fourth-order valence-corrected chi connectivity index (χ4v) is 6.27. The zero-order valence-electron chi connectivity index (χ0n) is 18.8. The number of amides is 2. The largest absolute Gasteiger partial charge is 0.481 e. The van der Waals surface area contributed by atoms with Crippen molar-refractivity contribution in [1.82, 2.24) is 10.6 Å². The Morgan fingerprint density at radius 3 is 2.29 bits per heavy atom. The monoisotopic (exact) mass is 460 g/mol. The molecule has 7 heteroatoms. The molecule has 2 amide bonds. The molecule has 0 saturated heterocycles. The van der Waals surface area contributed by atoms with Crippen LogP contribution in [0.4, 0.5) is 4.79 Å². The summed E-state index contributed by atoms with van der Waals surface area (Å²) in [6, 6.07) is 16.4. The van der Waals surface area contributed by atoms with Crippen LogP contribution in [0, 0.1) is 23.2 Å². The molecule has 0 heterocycles. The molecular weight excluding hydrogens is 432 g/mol. The third-order valence-electron chi connectivity index (χ3n) is 8.29. The number of rotatable bonds is 7. The molecule has 0 aliphatic heterocycles. The van der Waals surface area contributed by atoms with Crippen molar-refractivity contribution < 1.29 is 24.2 Å². The SMILES string of the molecule is O=C(NC1CC2CC2(C(=O)NC[C@H]2C[C@H]2C(=O)O)C1)OCC1c2ccccc2-c2ccccc21. The van der Waals surface area contributed by atoms with Crippen molar-refractivity contribution in [1.29, 1.82) is 0 Å². The van der Waals surface area contributed by atoms with Crippen LogP contribution in [-0.4, -0.2) is 42.3 Å². The number of carboxylic acids is 1. The van der Waals surface area contributed by atoms with Crippen LogP contribution in [0.3, 0.4) is 0 Å². The molecule has 4 aliphatic rings. The van der Waals surface area contributed by atoms with Gasteiger partial charge in [-0.3, -0.25) is 9.59 Å². The number of benzene rings is 2. The Hall–Kier alpha value is -3.35. The first-order valence-electron chi connectivity index (χ1n) is 12.1. The Morgan fingerprint density at radius 1 is 0.971 bits per heavy atom. The smallest absolute Gasteiger partial charge is 0.407 e. The third-order valence-corrected chi connectivity index (χ3v) is 8.29. The molecule has 0 radical (unpaired) electrons. The lowest BCUT2D eigenvalue weighted by atomic mass is 9.98. The van der Waals surface area contributed by atoms with Gasteiger partial charge < -0.3 is 20.5 Å². The minimum atomic E-state index is -0.782. The van der Waals surface area contributed by atoms with Crippen molar-refractivity contribution in [2.45, 2.75) is 37.6 Å². The number of nitrogens with one attached hydrogen (secondary N) is 2. The van der Waals surface area contributed by atoms with E-state index >= 15 is 0 Å². The van der Waals surface area contributed by atoms with Gasteiger partial charge in [0, 0.05) is 18.5 Å². The van der Waals surface area contributed by atoms with E-state index in [-0.39, 0.29) is 42.2 Å². The summed E-state index contributed by atoms with van der Waals surface area (Å²) in [4.78, 5) is 36.4. The van der Waals surface area contributed by atoms with Gasteiger partial charge in [-0.05, 0) is 59.8 Å². The van der Waals surface area contributed by atoms with Crippen molar-refractivity contribution >= 4 is 18.0 Å². The van der Waals surface area contributed by atoms with Gasteiger partial charge in [-0.25, -0.2) is 4.79 Å². The second-order valence-electron chi connectivity index (χ2n) is 10.3. The van der Waals surface area contributed by atoms with Crippen molar-refractivity contribution in [3.63, 3.8) is 0 Å². The predicted octanol–water partition coefficient (Wildman–Crippen LogP) is 3.53. The summed E-state index contributed by atoms with van der Waals surface area (Å²) in [7, 11) is 0. The van der Waals surface area contributed by atoms with Crippen LogP contribution in [0.15, 0.2) is 48.5 Å². The molecule has 4 aliphatic carbocycles. The lowest BCUT2D eigenvalue weighted by molar-refractivity contribution is -0.139. The fraction of sp³-hybridized carbons (Fsp3) is 0.444. The number of aliphatic carboxylic acids is 1. The maximum absolute atomic E-state index is 12.8. The average Bonchev–Trinajstić information content (AvgIpc) is 3.70. The molecule has 3 unspecified atom stereocenters. The van der Waals surface area contributed by atoms with Gasteiger partial charge in [-0.2, -0.15) is 0 Å². The van der Waals surface area contributed by atoms with Gasteiger partial charge >= 0.3 is 12.1 Å². The van der Waals surface area contributed by atoms with Crippen LogP contribution in [0.25, 0.3) is 11.1 Å². The molecule has 0 spiro atoms. The average molecular weight is 461 g/mol. The third kappa shape index (κ3) is 3.54. The van der Waals surface area contributed by atoms with E-state index in [1.807, 2.05) is 24.3 Å². The zero-order chi connectivity index (χ0) is 23.4. The van der Waals surface area contributed by atoms with Crippen LogP contribution >= 0.6 is 0 Å². The Bertz CT molecular complexity index is 1130. The van der Waals surface area contributed by atoms with E-state index in [1.54, 1.807) is 0 Å². The van der Waals surface area contributed by atoms with E-state index in [0.29, 0.717) is 19.4 Å². The summed E-state index contributed by atoms with van der Waals surface area (Å²) in [5.41, 5.74) is 4.33. The summed E-state index contributed by atoms with van der Waals surface area (Å²) >= 11 is 0. The van der Waals surface area contributed by atoms with Crippen LogP contribution in [0.2, 0.25) is 0 Å². The molecule has 3 fully saturated rings. The quantitative estimate of drug-likeness (QED) is 0.586. The number of fused-ring (bicyclic) bond motifs is 4. The summed E-state index contributed by atoms with van der Waals surface area (Å²) in [6.45, 7) is 0.697. The van der Waals surface area contributed by atoms with Gasteiger partial charge in [0.15, 0.2) is 0 Å². The molecule has 0 aromatic heterocycles. The zero-order valence-corrected chi connectivity index (χ0v) is 18.8. The fourth-order valence-electron chi connectivity index (χ4n) is 6.27. The van der Waals surface area contributed by atoms with E-state index in [1.165, 1.54) is 22.3 Å². The summed E-state index contributed by atoms with van der Waals surface area (Å²) in [5, 5.41) is 15.0. The Balaban J connectivity index is 1.01. The molecule has 0 bridgehead atoms. The standard InChI is InChI=1S/C27H28N2O5/c30-24(31)22-9-15(22)13-28-25(32)27-11-16(27)10-17(12-27)29-26(33)34-14-23-20-7-3-1-5-18(20)19-6-2-4-8-21(19)23/h1-8,15-17,22-23H,9-14H2,(H,28,32)(H,29,33)(H,30,31)/t15-,16?,17?,22-,27?/m1/s1. The Kier molecular flexibility index (Phi) is 4.90. The van der Waals surface area contributed by atoms with Crippen molar-refractivity contribution in [3.8, 4) is 11.1 Å². The number of carbonyl (C=O) groups is 3. The first-order chi connectivity index (χ1) is 16.5. The predicted molar refractivity (Wildman–Crippen MR) is 124 cm³/mol. The van der Waals surface area contributed by atoms with Gasteiger partial charge in [-0.15, -0.1) is 0 Å². The molecular formula is C27H28N2O5. The lowest BCUT2D eigenvalue weighted by Gasteiger charge is -2.19. The highest BCUT2D eigenvalue weighted by molar-refractivity contribution is 5.87. The second-order valence-corrected chi connectivity index (χ2v) is 10.3. The minimum absolute atomic E-state index is 0.00498. The molecule has 7 nitrogen and oxygen atoms in total. The maximum Gasteiger partial charge on any atom is 0.407 e. The van der Waals surface area contributed by atoms with E-state index in [2.05, 4.69) is 34.9 Å². The van der Waals surface area contributed by atoms with Gasteiger partial charge in [0.05, 0.1) is 11.3 Å². The highest BCUT2D eigenvalue weighted by Crippen LogP contribution is 2.63. The van der Waals surface area contributed by atoms with Crippen LogP contribution in [0.5, 0.6) is 0 Å². The number of carboxylic acid groups (broad SMARTS) is 1. The van der Waals surface area contributed by atoms with E-state index in [0.717, 1.165) is 12.8 Å². The molecule has 2 aromatic rings. The van der Waals surface area contributed by atoms with E-state index in [4.69, 9.17) is 9.84 Å². The van der Waals surface area contributed by atoms with Crippen molar-refractivity contribution in [2.75, 3.05) is 13.2 Å². The van der Waals surface area contributed by atoms with E-state index in [9.17, 15) is 14.4 Å². The molecule has 6 rings (SSSR count). The van der Waals surface area contributed by atoms with Crippen molar-refractivity contribution in [3.05, 3.63) is 59.7 Å². The first-order valence-corrected chi connectivity index (χ1v) is 12.1. The van der Waals surface area contributed by atoms with Gasteiger partial charge in [-0.1, -0.05) is 48.5 Å². The first kappa shape index (κ1) is 21.2. The molecule has 34 heavy (non-hydrogen) atoms. The molecule has 2 aromatic carbocycles. The number of carbonyl (C=O) groups excluding carboxylic acids is 2. The van der Waals surface area contributed by atoms with Gasteiger partial charge in [0.1, 0.15) is 6.61 Å². The summed E-state index contributed by atoms with van der Waals surface area (Å²) < 4.78 is 5.66. The summed E-state index contributed by atoms with van der Waals surface area (Å²) in [5.74, 6) is -0.754. The Morgan fingerprint density at radius 2 is 1.65 bits per heavy atom. The molecule has 5 atom stereocenters. The minimum Gasteiger partial charge on any atom is -0.481 e. The normalized spacial score (nSPS) is 30.0. The van der Waals surface area contributed by atoms with E-state index < -0.39 is 17.5 Å². The van der Waals surface area contributed by atoms with Gasteiger partial charge in [0.2, 0.25) is 5.91 Å². The van der Waals surface area contributed by atoms with Crippen LogP contribution < -0.4 is 10.6 Å². The Labute approximate surface area is 197 Å². The summed E-state index contributed by atoms with van der Waals surface area (Å²) in [6.07, 6.45) is 2.43. The molecule has 3 N–H and O–H groups in total. The molecule has 176 valence electrons. The number of ether oxygens (including phenoxy) is 1. The highest BCUT2D eigenvalue weighted by atomic mass is 16.5. The topological polar surface area (TPSA) is 105 Å². The number of alkyl carbamates (subject to hydrolysis) is 1. The van der Waals surface area contributed by atoms with Crippen molar-refractivity contribution in [2.24, 2.45) is 23.2 Å². The number of hydrogen-bond donors (Lipinski definition) is 3. The van der Waals surface area contributed by atoms with Crippen LogP contribution in [0.1, 0.15) is 42.7 Å². The lowest BCUT2D eigenvalue weighted by Crippen LogP contribution is -2.38. The highest BCUT2D eigenvalue weighted by Gasteiger charge is 2.65. The number of hydrogen-bond acceptors (Lipinski definition) is 4. The molecule has 3 saturated carbocycles. The second kappa shape index (κ2) is 7.86. The van der Waals surface area contributed by atoms with Gasteiger partial charge in [0.25, 0.3) is 0 Å². The maximum atomic E-state index is 12.8. The van der Waals surface area contributed by atoms with Crippen LogP contribution in [-0.2, 0) is 14.3 Å².